The Morgan fingerprint density at radius 1 is 1.47 bits per heavy atom. The molecule has 1 aromatic rings. The highest BCUT2D eigenvalue weighted by Crippen LogP contribution is 2.20. The van der Waals surface area contributed by atoms with Crippen LogP contribution in [-0.2, 0) is 13.0 Å². The van der Waals surface area contributed by atoms with E-state index in [9.17, 15) is 0 Å². The first kappa shape index (κ1) is 14.2. The summed E-state index contributed by atoms with van der Waals surface area (Å²) in [6.07, 6.45) is 3.14. The molecule has 0 spiro atoms. The van der Waals surface area contributed by atoms with Crippen molar-refractivity contribution < 1.29 is 0 Å². The number of thiophene rings is 1. The Bertz CT molecular complexity index is 374. The molecule has 0 atom stereocenters. The maximum absolute atomic E-state index is 8.90. The summed E-state index contributed by atoms with van der Waals surface area (Å²) in [4.78, 5) is 1.45. The van der Waals surface area contributed by atoms with Crippen LogP contribution in [0.4, 0.5) is 0 Å². The Morgan fingerprint density at radius 3 is 2.88 bits per heavy atom. The number of aryl methyl sites for hydroxylation is 1. The standard InChI is InChI=1S/C14H22N2S/c1-4-12-6-9-17-13(12)10-16-8-5-7-14(2,3)11-15/h6,9,16H,4-5,7-8,10H2,1-3H3. The lowest BCUT2D eigenvalue weighted by molar-refractivity contribution is 0.426. The van der Waals surface area contributed by atoms with Crippen LogP contribution in [0.1, 0.15) is 44.1 Å². The zero-order chi connectivity index (χ0) is 12.7. The van der Waals surface area contributed by atoms with Crippen molar-refractivity contribution in [2.45, 2.75) is 46.6 Å². The summed E-state index contributed by atoms with van der Waals surface area (Å²) < 4.78 is 0. The van der Waals surface area contributed by atoms with Gasteiger partial charge in [0, 0.05) is 11.4 Å². The van der Waals surface area contributed by atoms with Crippen molar-refractivity contribution in [3.05, 3.63) is 21.9 Å². The van der Waals surface area contributed by atoms with Gasteiger partial charge in [-0.15, -0.1) is 11.3 Å². The minimum absolute atomic E-state index is 0.181. The van der Waals surface area contributed by atoms with Crippen LogP contribution in [0.3, 0.4) is 0 Å². The number of nitriles is 1. The van der Waals surface area contributed by atoms with E-state index in [1.54, 1.807) is 0 Å². The van der Waals surface area contributed by atoms with E-state index in [1.165, 1.54) is 10.4 Å². The Labute approximate surface area is 109 Å². The van der Waals surface area contributed by atoms with Crippen LogP contribution >= 0.6 is 11.3 Å². The fraction of sp³-hybridized carbons (Fsp3) is 0.643. The summed E-state index contributed by atoms with van der Waals surface area (Å²) in [5.41, 5.74) is 1.28. The van der Waals surface area contributed by atoms with E-state index in [4.69, 9.17) is 5.26 Å². The third kappa shape index (κ3) is 4.89. The molecule has 0 aromatic carbocycles. The first-order valence-corrected chi connectivity index (χ1v) is 7.14. The Hall–Kier alpha value is -0.850. The molecule has 0 fully saturated rings. The summed E-state index contributed by atoms with van der Waals surface area (Å²) >= 11 is 1.83. The van der Waals surface area contributed by atoms with Crippen LogP contribution in [0.25, 0.3) is 0 Å². The van der Waals surface area contributed by atoms with Crippen molar-refractivity contribution in [1.82, 2.24) is 5.32 Å². The third-order valence-corrected chi connectivity index (χ3v) is 3.93. The predicted octanol–water partition coefficient (Wildman–Crippen LogP) is 3.73. The number of rotatable bonds is 7. The van der Waals surface area contributed by atoms with Crippen molar-refractivity contribution in [3.8, 4) is 6.07 Å². The summed E-state index contributed by atoms with van der Waals surface area (Å²) in [7, 11) is 0. The van der Waals surface area contributed by atoms with Crippen molar-refractivity contribution in [2.24, 2.45) is 5.41 Å². The van der Waals surface area contributed by atoms with Gasteiger partial charge in [0.1, 0.15) is 0 Å². The van der Waals surface area contributed by atoms with Gasteiger partial charge in [0.15, 0.2) is 0 Å². The maximum Gasteiger partial charge on any atom is 0.0683 e. The highest BCUT2D eigenvalue weighted by Gasteiger charge is 2.15. The van der Waals surface area contributed by atoms with Gasteiger partial charge in [-0.3, -0.25) is 0 Å². The van der Waals surface area contributed by atoms with Gasteiger partial charge in [0.25, 0.3) is 0 Å². The van der Waals surface area contributed by atoms with Gasteiger partial charge >= 0.3 is 0 Å². The minimum Gasteiger partial charge on any atom is -0.312 e. The maximum atomic E-state index is 8.90. The lowest BCUT2D eigenvalue weighted by Crippen LogP contribution is -2.17. The van der Waals surface area contributed by atoms with Gasteiger partial charge in [-0.1, -0.05) is 6.92 Å². The average Bonchev–Trinajstić information content (AvgIpc) is 2.76. The molecular weight excluding hydrogens is 228 g/mol. The second kappa shape index (κ2) is 6.78. The van der Waals surface area contributed by atoms with Gasteiger partial charge in [0.2, 0.25) is 0 Å². The number of hydrogen-bond acceptors (Lipinski definition) is 3. The molecule has 1 rings (SSSR count). The van der Waals surface area contributed by atoms with Crippen LogP contribution in [0.15, 0.2) is 11.4 Å². The van der Waals surface area contributed by atoms with Crippen LogP contribution in [0, 0.1) is 16.7 Å². The van der Waals surface area contributed by atoms with Crippen LogP contribution in [0.2, 0.25) is 0 Å². The minimum atomic E-state index is -0.181. The fourth-order valence-electron chi connectivity index (χ4n) is 1.75. The molecule has 0 bridgehead atoms. The van der Waals surface area contributed by atoms with Gasteiger partial charge in [0.05, 0.1) is 11.5 Å². The van der Waals surface area contributed by atoms with E-state index in [-0.39, 0.29) is 5.41 Å². The number of nitrogens with one attached hydrogen (secondary N) is 1. The van der Waals surface area contributed by atoms with E-state index in [0.717, 1.165) is 32.4 Å². The summed E-state index contributed by atoms with van der Waals surface area (Å²) in [6.45, 7) is 8.16. The zero-order valence-electron chi connectivity index (χ0n) is 11.0. The molecule has 0 unspecified atom stereocenters. The Kier molecular flexibility index (Phi) is 5.67. The zero-order valence-corrected chi connectivity index (χ0v) is 11.9. The van der Waals surface area contributed by atoms with Gasteiger partial charge < -0.3 is 5.32 Å². The number of hydrogen-bond donors (Lipinski definition) is 1. The Balaban J connectivity index is 2.19. The molecule has 0 amide bonds. The second-order valence-electron chi connectivity index (χ2n) is 5.00. The molecule has 17 heavy (non-hydrogen) atoms. The fourth-order valence-corrected chi connectivity index (χ4v) is 2.70. The predicted molar refractivity (Wildman–Crippen MR) is 74.0 cm³/mol. The van der Waals surface area contributed by atoms with Crippen molar-refractivity contribution >= 4 is 11.3 Å². The van der Waals surface area contributed by atoms with Crippen LogP contribution < -0.4 is 5.32 Å². The third-order valence-electron chi connectivity index (χ3n) is 2.96. The molecule has 0 aliphatic carbocycles. The molecule has 0 aliphatic rings. The quantitative estimate of drug-likeness (QED) is 0.748. The van der Waals surface area contributed by atoms with E-state index in [2.05, 4.69) is 29.8 Å². The monoisotopic (exact) mass is 250 g/mol. The van der Waals surface area contributed by atoms with Gasteiger partial charge in [-0.2, -0.15) is 5.26 Å². The molecule has 1 aromatic heterocycles. The first-order chi connectivity index (χ1) is 8.09. The second-order valence-corrected chi connectivity index (χ2v) is 6.00. The molecule has 3 heteroatoms. The normalized spacial score (nSPS) is 11.4. The lowest BCUT2D eigenvalue weighted by Gasteiger charge is -2.14. The van der Waals surface area contributed by atoms with Gasteiger partial charge in [-0.25, -0.2) is 0 Å². The highest BCUT2D eigenvalue weighted by atomic mass is 32.1. The van der Waals surface area contributed by atoms with E-state index in [0.29, 0.717) is 0 Å². The SMILES string of the molecule is CCc1ccsc1CNCCCC(C)(C)C#N. The number of nitrogens with zero attached hydrogens (tertiary/aromatic N) is 1. The van der Waals surface area contributed by atoms with Crippen LogP contribution in [0.5, 0.6) is 0 Å². The van der Waals surface area contributed by atoms with Crippen molar-refractivity contribution in [3.63, 3.8) is 0 Å². The molecule has 94 valence electrons. The largest absolute Gasteiger partial charge is 0.312 e. The molecule has 0 radical (unpaired) electrons. The first-order valence-electron chi connectivity index (χ1n) is 6.26. The van der Waals surface area contributed by atoms with Crippen molar-refractivity contribution in [1.29, 1.82) is 5.26 Å². The summed E-state index contributed by atoms with van der Waals surface area (Å²) in [6, 6.07) is 4.55. The molecule has 0 aliphatic heterocycles. The molecule has 1 N–H and O–H groups in total. The lowest BCUT2D eigenvalue weighted by atomic mass is 9.90. The topological polar surface area (TPSA) is 35.8 Å². The van der Waals surface area contributed by atoms with E-state index < -0.39 is 0 Å². The Morgan fingerprint density at radius 2 is 2.24 bits per heavy atom. The average molecular weight is 250 g/mol. The molecule has 0 saturated carbocycles. The summed E-state index contributed by atoms with van der Waals surface area (Å²) in [5, 5.41) is 14.5. The van der Waals surface area contributed by atoms with Crippen molar-refractivity contribution in [2.75, 3.05) is 6.54 Å². The van der Waals surface area contributed by atoms with Crippen LogP contribution in [-0.4, -0.2) is 6.54 Å². The van der Waals surface area contributed by atoms with E-state index in [1.807, 2.05) is 25.2 Å². The smallest absolute Gasteiger partial charge is 0.0683 e. The molecular formula is C14H22N2S. The van der Waals surface area contributed by atoms with E-state index >= 15 is 0 Å². The molecule has 0 saturated heterocycles. The highest BCUT2D eigenvalue weighted by molar-refractivity contribution is 7.10. The summed E-state index contributed by atoms with van der Waals surface area (Å²) in [5.74, 6) is 0. The molecule has 1 heterocycles. The van der Waals surface area contributed by atoms with Gasteiger partial charge in [-0.05, 0) is 56.7 Å². The molecule has 2 nitrogen and oxygen atoms in total.